The second-order valence-electron chi connectivity index (χ2n) is 14.5. The van der Waals surface area contributed by atoms with E-state index in [0.717, 1.165) is 45.0 Å². The van der Waals surface area contributed by atoms with E-state index in [9.17, 15) is 0 Å². The third-order valence-corrected chi connectivity index (χ3v) is 11.1. The highest BCUT2D eigenvalue weighted by Crippen LogP contribution is 2.39. The Morgan fingerprint density at radius 1 is 0.439 bits per heavy atom. The zero-order chi connectivity index (χ0) is 38.3. The molecule has 0 radical (unpaired) electrons. The van der Waals surface area contributed by atoms with Gasteiger partial charge in [0.1, 0.15) is 5.82 Å². The van der Waals surface area contributed by atoms with Gasteiger partial charge in [0.2, 0.25) is 0 Å². The summed E-state index contributed by atoms with van der Waals surface area (Å²) in [7, 11) is 0. The van der Waals surface area contributed by atoms with Crippen LogP contribution in [-0.4, -0.2) is 14.8 Å². The molecule has 10 rings (SSSR count). The Morgan fingerprint density at radius 2 is 0.895 bits per heavy atom. The summed E-state index contributed by atoms with van der Waals surface area (Å²) in [6.07, 6.45) is 2.11. The van der Waals surface area contributed by atoms with Crippen LogP contribution in [0.25, 0.3) is 82.9 Å². The van der Waals surface area contributed by atoms with Crippen molar-refractivity contribution in [2.75, 3.05) is 0 Å². The molecular weight excluding hydrogens is 691 g/mol. The van der Waals surface area contributed by atoms with Crippen LogP contribution in [-0.2, 0) is 0 Å². The molecule has 2 aromatic heterocycles. The number of allylic oxidation sites excluding steroid dienone is 2. The maximum absolute atomic E-state index is 5.32. The lowest BCUT2D eigenvalue weighted by atomic mass is 10.0. The molecule has 2 heterocycles. The quantitative estimate of drug-likeness (QED) is 0.110. The van der Waals surface area contributed by atoms with E-state index < -0.39 is 0 Å². The van der Waals surface area contributed by atoms with Crippen LogP contribution in [0.15, 0.2) is 218 Å². The standard InChI is InChI=1S/C54H39N3/c1-37(39-16-6-3-7-17-39)34-54(55-38(2)40-18-8-4-9-19-40)57-51-25-15-13-23-47(51)49-36-44(29-33-53(49)57)43-28-32-52-48(35-43)46-22-12-14-24-50(46)56(52)45-30-26-42(27-31-45)41-20-10-5-11-21-41/h3-36H,1H2,2H3/b54-34+,55-38+. The Hall–Kier alpha value is -7.49. The van der Waals surface area contributed by atoms with Gasteiger partial charge in [0.05, 0.1) is 22.1 Å². The highest BCUT2D eigenvalue weighted by molar-refractivity contribution is 6.14. The number of para-hydroxylation sites is 2. The molecule has 0 aliphatic rings. The van der Waals surface area contributed by atoms with Gasteiger partial charge in [0, 0.05) is 32.9 Å². The lowest BCUT2D eigenvalue weighted by Gasteiger charge is -2.12. The molecule has 0 bridgehead atoms. The van der Waals surface area contributed by atoms with E-state index in [1.54, 1.807) is 0 Å². The third kappa shape index (κ3) is 6.16. The van der Waals surface area contributed by atoms with Gasteiger partial charge in [-0.2, -0.15) is 0 Å². The van der Waals surface area contributed by atoms with Crippen LogP contribution < -0.4 is 0 Å². The fraction of sp³-hybridized carbons (Fsp3) is 0.0185. The lowest BCUT2D eigenvalue weighted by Crippen LogP contribution is -2.01. The third-order valence-electron chi connectivity index (χ3n) is 11.1. The maximum atomic E-state index is 5.32. The van der Waals surface area contributed by atoms with Crippen molar-refractivity contribution in [1.82, 2.24) is 9.13 Å². The van der Waals surface area contributed by atoms with Crippen LogP contribution in [0.4, 0.5) is 0 Å². The van der Waals surface area contributed by atoms with Crippen molar-refractivity contribution in [2.24, 2.45) is 4.99 Å². The topological polar surface area (TPSA) is 22.2 Å². The van der Waals surface area contributed by atoms with Gasteiger partial charge < -0.3 is 4.57 Å². The molecule has 0 aliphatic carbocycles. The minimum absolute atomic E-state index is 0.815. The summed E-state index contributed by atoms with van der Waals surface area (Å²) in [6, 6.07) is 71.2. The first-order valence-electron chi connectivity index (χ1n) is 19.4. The smallest absolute Gasteiger partial charge is 0.138 e. The number of fused-ring (bicyclic) bond motifs is 6. The maximum Gasteiger partial charge on any atom is 0.138 e. The van der Waals surface area contributed by atoms with Crippen LogP contribution in [0, 0.1) is 0 Å². The predicted molar refractivity (Wildman–Crippen MR) is 243 cm³/mol. The van der Waals surface area contributed by atoms with E-state index >= 15 is 0 Å². The lowest BCUT2D eigenvalue weighted by molar-refractivity contribution is 1.17. The molecule has 0 aliphatic heterocycles. The molecule has 10 aromatic rings. The number of benzene rings is 8. The number of rotatable bonds is 8. The van der Waals surface area contributed by atoms with Gasteiger partial charge >= 0.3 is 0 Å². The fourth-order valence-electron chi connectivity index (χ4n) is 8.22. The molecule has 0 spiro atoms. The van der Waals surface area contributed by atoms with Crippen molar-refractivity contribution in [2.45, 2.75) is 6.92 Å². The summed E-state index contributed by atoms with van der Waals surface area (Å²) in [5.74, 6) is 0.815. The normalized spacial score (nSPS) is 12.2. The van der Waals surface area contributed by atoms with Crippen molar-refractivity contribution in [3.63, 3.8) is 0 Å². The largest absolute Gasteiger partial charge is 0.309 e. The number of nitrogens with zero attached hydrogens (tertiary/aromatic N) is 3. The molecule has 0 amide bonds. The summed E-state index contributed by atoms with van der Waals surface area (Å²) < 4.78 is 4.67. The van der Waals surface area contributed by atoms with Crippen LogP contribution >= 0.6 is 0 Å². The molecule has 3 heteroatoms. The highest BCUT2D eigenvalue weighted by atomic mass is 15.1. The summed E-state index contributed by atoms with van der Waals surface area (Å²) in [4.78, 5) is 5.32. The molecule has 0 saturated heterocycles. The second kappa shape index (κ2) is 14.3. The minimum Gasteiger partial charge on any atom is -0.309 e. The van der Waals surface area contributed by atoms with Gasteiger partial charge in [0.25, 0.3) is 0 Å². The number of hydrogen-bond acceptors (Lipinski definition) is 1. The van der Waals surface area contributed by atoms with Gasteiger partial charge in [-0.15, -0.1) is 0 Å². The molecule has 270 valence electrons. The Balaban J connectivity index is 1.11. The summed E-state index contributed by atoms with van der Waals surface area (Å²) in [6.45, 7) is 6.57. The van der Waals surface area contributed by atoms with E-state index in [1.165, 1.54) is 54.8 Å². The number of aromatic nitrogens is 2. The highest BCUT2D eigenvalue weighted by Gasteiger charge is 2.18. The molecule has 0 fully saturated rings. The second-order valence-corrected chi connectivity index (χ2v) is 14.5. The molecular formula is C54H39N3. The zero-order valence-corrected chi connectivity index (χ0v) is 31.7. The van der Waals surface area contributed by atoms with Gasteiger partial charge in [-0.3, -0.25) is 4.57 Å². The first-order valence-corrected chi connectivity index (χ1v) is 19.4. The number of aliphatic imine (C=N–C) groups is 1. The van der Waals surface area contributed by atoms with E-state index in [1.807, 2.05) is 24.3 Å². The predicted octanol–water partition coefficient (Wildman–Crippen LogP) is 14.2. The summed E-state index contributed by atoms with van der Waals surface area (Å²) in [5.41, 5.74) is 14.5. The van der Waals surface area contributed by atoms with E-state index in [-0.39, 0.29) is 0 Å². The number of hydrogen-bond donors (Lipinski definition) is 0. The minimum atomic E-state index is 0.815. The molecule has 0 atom stereocenters. The molecule has 8 aromatic carbocycles. The Labute approximate surface area is 332 Å². The van der Waals surface area contributed by atoms with E-state index in [4.69, 9.17) is 4.99 Å². The molecule has 0 unspecified atom stereocenters. The first-order chi connectivity index (χ1) is 28.1. The Morgan fingerprint density at radius 3 is 1.56 bits per heavy atom. The van der Waals surface area contributed by atoms with Crippen molar-refractivity contribution in [3.05, 3.63) is 224 Å². The molecule has 0 N–H and O–H groups in total. The summed E-state index contributed by atoms with van der Waals surface area (Å²) >= 11 is 0. The zero-order valence-electron chi connectivity index (χ0n) is 31.7. The van der Waals surface area contributed by atoms with Crippen molar-refractivity contribution in [1.29, 1.82) is 0 Å². The van der Waals surface area contributed by atoms with Crippen LogP contribution in [0.1, 0.15) is 18.1 Å². The van der Waals surface area contributed by atoms with Gasteiger partial charge in [-0.25, -0.2) is 4.99 Å². The van der Waals surface area contributed by atoms with Crippen LogP contribution in [0.2, 0.25) is 0 Å². The van der Waals surface area contributed by atoms with Crippen LogP contribution in [0.5, 0.6) is 0 Å². The average Bonchev–Trinajstić information content (AvgIpc) is 3.79. The van der Waals surface area contributed by atoms with Crippen molar-refractivity contribution in [3.8, 4) is 27.9 Å². The Bertz CT molecular complexity index is 3160. The molecule has 57 heavy (non-hydrogen) atoms. The van der Waals surface area contributed by atoms with E-state index in [0.29, 0.717) is 0 Å². The molecule has 3 nitrogen and oxygen atoms in total. The van der Waals surface area contributed by atoms with Crippen LogP contribution in [0.3, 0.4) is 0 Å². The first kappa shape index (κ1) is 34.0. The van der Waals surface area contributed by atoms with Crippen molar-refractivity contribution < 1.29 is 0 Å². The fourth-order valence-corrected chi connectivity index (χ4v) is 8.22. The molecule has 0 saturated carbocycles. The Kier molecular flexibility index (Phi) is 8.54. The average molecular weight is 730 g/mol. The monoisotopic (exact) mass is 729 g/mol. The van der Waals surface area contributed by atoms with Gasteiger partial charge in [-0.1, -0.05) is 158 Å². The van der Waals surface area contributed by atoms with E-state index in [2.05, 4.69) is 205 Å². The van der Waals surface area contributed by atoms with Gasteiger partial charge in [-0.05, 0) is 100 Å². The van der Waals surface area contributed by atoms with Gasteiger partial charge in [0.15, 0.2) is 0 Å². The SMILES string of the molecule is C=C(/C=C(\N=C(/C)c1ccccc1)n1c2ccccc2c2cc(-c3ccc4c(c3)c3ccccc3n4-c3ccc(-c4ccccc4)cc3)ccc21)c1ccccc1. The summed E-state index contributed by atoms with van der Waals surface area (Å²) in [5, 5.41) is 4.81. The van der Waals surface area contributed by atoms with Crippen molar-refractivity contribution >= 4 is 60.7 Å².